The Morgan fingerprint density at radius 3 is 2.34 bits per heavy atom. The molecule has 1 N–H and O–H groups in total. The lowest BCUT2D eigenvalue weighted by Gasteiger charge is -2.16. The first kappa shape index (κ1) is 21.8. The predicted octanol–water partition coefficient (Wildman–Crippen LogP) is 7.44. The largest absolute Gasteiger partial charge is 0.418 e. The fourth-order valence-corrected chi connectivity index (χ4v) is 3.79. The number of hydrogen-bond acceptors (Lipinski definition) is 2. The Kier molecular flexibility index (Phi) is 5.65. The number of carbonyl (C=O) groups excluding carboxylic acids is 1. The number of halogens is 4. The van der Waals surface area contributed by atoms with Gasteiger partial charge in [0.2, 0.25) is 0 Å². The van der Waals surface area contributed by atoms with Crippen molar-refractivity contribution in [2.45, 2.75) is 20.0 Å². The Hall–Kier alpha value is -3.38. The molecule has 1 amide bonds. The van der Waals surface area contributed by atoms with Crippen molar-refractivity contribution in [2.75, 3.05) is 5.32 Å². The van der Waals surface area contributed by atoms with E-state index in [1.165, 1.54) is 18.2 Å². The molecule has 7 heteroatoms. The topological polar surface area (TPSA) is 42.0 Å². The van der Waals surface area contributed by atoms with Crippen LogP contribution in [0.25, 0.3) is 22.2 Å². The summed E-state index contributed by atoms with van der Waals surface area (Å²) in [4.78, 5) is 18.0. The minimum absolute atomic E-state index is 0.240. The molecule has 0 aliphatic rings. The normalized spacial score (nSPS) is 11.6. The van der Waals surface area contributed by atoms with Gasteiger partial charge in [-0.05, 0) is 55.8 Å². The average Bonchev–Trinajstić information content (AvgIpc) is 2.73. The van der Waals surface area contributed by atoms with Crippen LogP contribution in [-0.4, -0.2) is 10.9 Å². The van der Waals surface area contributed by atoms with E-state index >= 15 is 0 Å². The number of nitrogens with one attached hydrogen (secondary N) is 1. The Morgan fingerprint density at radius 1 is 0.969 bits per heavy atom. The maximum atomic E-state index is 13.4. The van der Waals surface area contributed by atoms with Gasteiger partial charge < -0.3 is 5.32 Å². The summed E-state index contributed by atoms with van der Waals surface area (Å²) in [6.45, 7) is 3.77. The van der Waals surface area contributed by atoms with Gasteiger partial charge in [0.1, 0.15) is 0 Å². The number of fused-ring (bicyclic) bond motifs is 1. The number of hydrogen-bond donors (Lipinski definition) is 1. The van der Waals surface area contributed by atoms with Crippen LogP contribution in [0.15, 0.2) is 66.7 Å². The number of amides is 1. The molecule has 0 bridgehead atoms. The van der Waals surface area contributed by atoms with Gasteiger partial charge in [0.15, 0.2) is 0 Å². The number of aromatic nitrogens is 1. The minimum atomic E-state index is -4.59. The second-order valence-corrected chi connectivity index (χ2v) is 7.97. The molecule has 0 saturated carbocycles. The SMILES string of the molecule is Cc1cc(C)c2nc(-c3ccc(Cl)cc3)cc(C(=O)Nc3ccccc3C(F)(F)F)c2c1. The number of anilines is 1. The molecule has 32 heavy (non-hydrogen) atoms. The van der Waals surface area contributed by atoms with Crippen LogP contribution in [0.2, 0.25) is 5.02 Å². The first-order valence-electron chi connectivity index (χ1n) is 9.79. The van der Waals surface area contributed by atoms with Crippen molar-refractivity contribution in [3.63, 3.8) is 0 Å². The number of pyridine rings is 1. The van der Waals surface area contributed by atoms with Gasteiger partial charge in [-0.2, -0.15) is 13.2 Å². The summed E-state index contributed by atoms with van der Waals surface area (Å²) >= 11 is 5.98. The Balaban J connectivity index is 1.88. The molecule has 0 spiro atoms. The maximum absolute atomic E-state index is 13.4. The second-order valence-electron chi connectivity index (χ2n) is 7.54. The molecule has 0 unspecified atom stereocenters. The fourth-order valence-electron chi connectivity index (χ4n) is 3.67. The van der Waals surface area contributed by atoms with Crippen LogP contribution in [-0.2, 0) is 6.18 Å². The monoisotopic (exact) mass is 454 g/mol. The zero-order valence-corrected chi connectivity index (χ0v) is 18.0. The van der Waals surface area contributed by atoms with Gasteiger partial charge in [-0.25, -0.2) is 4.98 Å². The van der Waals surface area contributed by atoms with Crippen molar-refractivity contribution in [2.24, 2.45) is 0 Å². The van der Waals surface area contributed by atoms with Crippen molar-refractivity contribution in [1.82, 2.24) is 4.98 Å². The highest BCUT2D eigenvalue weighted by Crippen LogP contribution is 2.35. The van der Waals surface area contributed by atoms with E-state index in [-0.39, 0.29) is 11.3 Å². The number of benzene rings is 3. The van der Waals surface area contributed by atoms with E-state index in [2.05, 4.69) is 5.32 Å². The van der Waals surface area contributed by atoms with Gasteiger partial charge in [0, 0.05) is 16.0 Å². The van der Waals surface area contributed by atoms with E-state index in [1.807, 2.05) is 26.0 Å². The third kappa shape index (κ3) is 4.32. The fraction of sp³-hybridized carbons (Fsp3) is 0.120. The molecular weight excluding hydrogens is 437 g/mol. The van der Waals surface area contributed by atoms with E-state index < -0.39 is 17.6 Å². The van der Waals surface area contributed by atoms with Gasteiger partial charge in [0.05, 0.1) is 28.0 Å². The lowest BCUT2D eigenvalue weighted by atomic mass is 9.99. The van der Waals surface area contributed by atoms with E-state index in [4.69, 9.17) is 16.6 Å². The summed E-state index contributed by atoms with van der Waals surface area (Å²) < 4.78 is 40.2. The van der Waals surface area contributed by atoms with Crippen LogP contribution in [0.3, 0.4) is 0 Å². The van der Waals surface area contributed by atoms with Crippen molar-refractivity contribution in [3.8, 4) is 11.3 Å². The predicted molar refractivity (Wildman–Crippen MR) is 121 cm³/mol. The summed E-state index contributed by atoms with van der Waals surface area (Å²) in [6.07, 6.45) is -4.59. The van der Waals surface area contributed by atoms with E-state index in [0.29, 0.717) is 21.6 Å². The molecule has 0 saturated heterocycles. The summed E-state index contributed by atoms with van der Waals surface area (Å²) in [5.74, 6) is -0.644. The number of carbonyl (C=O) groups is 1. The summed E-state index contributed by atoms with van der Waals surface area (Å²) in [6, 6.07) is 17.2. The zero-order valence-electron chi connectivity index (χ0n) is 17.2. The number of aryl methyl sites for hydroxylation is 2. The standard InChI is InChI=1S/C25H18ClF3N2O/c1-14-11-15(2)23-18(12-14)19(13-22(30-23)16-7-9-17(26)10-8-16)24(32)31-21-6-4-3-5-20(21)25(27,28)29/h3-13H,1-2H3,(H,31,32). The van der Waals surface area contributed by atoms with Crippen molar-refractivity contribution < 1.29 is 18.0 Å². The van der Waals surface area contributed by atoms with Gasteiger partial charge in [0.25, 0.3) is 5.91 Å². The van der Waals surface area contributed by atoms with Crippen LogP contribution in [0.4, 0.5) is 18.9 Å². The molecule has 1 heterocycles. The highest BCUT2D eigenvalue weighted by molar-refractivity contribution is 6.30. The summed E-state index contributed by atoms with van der Waals surface area (Å²) in [5, 5.41) is 3.57. The van der Waals surface area contributed by atoms with Crippen LogP contribution in [0.5, 0.6) is 0 Å². The molecule has 1 aromatic heterocycles. The second kappa shape index (κ2) is 8.28. The van der Waals surface area contributed by atoms with E-state index in [0.717, 1.165) is 22.8 Å². The lowest BCUT2D eigenvalue weighted by molar-refractivity contribution is -0.136. The molecule has 4 rings (SSSR count). The third-order valence-corrected chi connectivity index (χ3v) is 5.37. The van der Waals surface area contributed by atoms with Gasteiger partial charge in [-0.3, -0.25) is 4.79 Å². The zero-order chi connectivity index (χ0) is 23.0. The molecule has 0 aliphatic carbocycles. The lowest BCUT2D eigenvalue weighted by Crippen LogP contribution is -2.17. The van der Waals surface area contributed by atoms with E-state index in [1.54, 1.807) is 30.3 Å². The number of rotatable bonds is 3. The Morgan fingerprint density at radius 2 is 1.66 bits per heavy atom. The van der Waals surface area contributed by atoms with Crippen LogP contribution >= 0.6 is 11.6 Å². The molecule has 3 aromatic carbocycles. The number of alkyl halides is 3. The molecule has 3 nitrogen and oxygen atoms in total. The van der Waals surface area contributed by atoms with Crippen LogP contribution < -0.4 is 5.32 Å². The Labute approximate surface area is 187 Å². The highest BCUT2D eigenvalue weighted by atomic mass is 35.5. The van der Waals surface area contributed by atoms with Gasteiger partial charge in [-0.1, -0.05) is 47.5 Å². The number of para-hydroxylation sites is 1. The smallest absolute Gasteiger partial charge is 0.321 e. The number of nitrogens with zero attached hydrogens (tertiary/aromatic N) is 1. The van der Waals surface area contributed by atoms with E-state index in [9.17, 15) is 18.0 Å². The quantitative estimate of drug-likeness (QED) is 0.349. The highest BCUT2D eigenvalue weighted by Gasteiger charge is 2.33. The van der Waals surface area contributed by atoms with Crippen LogP contribution in [0, 0.1) is 13.8 Å². The molecule has 0 aliphatic heterocycles. The molecule has 4 aromatic rings. The van der Waals surface area contributed by atoms with Gasteiger partial charge in [-0.15, -0.1) is 0 Å². The third-order valence-electron chi connectivity index (χ3n) is 5.11. The molecule has 0 atom stereocenters. The molecule has 0 fully saturated rings. The first-order chi connectivity index (χ1) is 15.1. The maximum Gasteiger partial charge on any atom is 0.418 e. The van der Waals surface area contributed by atoms with Crippen molar-refractivity contribution in [3.05, 3.63) is 94.0 Å². The first-order valence-corrected chi connectivity index (χ1v) is 10.2. The Bertz CT molecular complexity index is 1330. The van der Waals surface area contributed by atoms with Crippen LogP contribution in [0.1, 0.15) is 27.0 Å². The summed E-state index contributed by atoms with van der Waals surface area (Å²) in [5.41, 5.74) is 2.68. The molecule has 0 radical (unpaired) electrons. The van der Waals surface area contributed by atoms with Crippen molar-refractivity contribution in [1.29, 1.82) is 0 Å². The van der Waals surface area contributed by atoms with Gasteiger partial charge >= 0.3 is 6.18 Å². The molecular formula is C25H18ClF3N2O. The summed E-state index contributed by atoms with van der Waals surface area (Å²) in [7, 11) is 0. The van der Waals surface area contributed by atoms with Crippen molar-refractivity contribution >= 4 is 34.1 Å². The minimum Gasteiger partial charge on any atom is -0.321 e. The molecule has 162 valence electrons. The average molecular weight is 455 g/mol.